The fraction of sp³-hybridized carbons (Fsp3) is 0.250. The summed E-state index contributed by atoms with van der Waals surface area (Å²) >= 11 is 6.19. The molecule has 6 heteroatoms. The summed E-state index contributed by atoms with van der Waals surface area (Å²) in [5.74, 6) is 0. The monoisotopic (exact) mass is 338 g/mol. The summed E-state index contributed by atoms with van der Waals surface area (Å²) in [6.07, 6.45) is 1.72. The molecule has 0 saturated carbocycles. The van der Waals surface area contributed by atoms with Gasteiger partial charge < -0.3 is 0 Å². The van der Waals surface area contributed by atoms with E-state index in [2.05, 4.69) is 9.44 Å². The van der Waals surface area contributed by atoms with Gasteiger partial charge in [-0.05, 0) is 29.7 Å². The molecule has 0 aliphatic rings. The maximum Gasteiger partial charge on any atom is 0.299 e. The van der Waals surface area contributed by atoms with Gasteiger partial charge in [0, 0.05) is 6.54 Å². The molecule has 0 aromatic heterocycles. The Bertz CT molecular complexity index is 718. The van der Waals surface area contributed by atoms with Crippen LogP contribution in [0.3, 0.4) is 0 Å². The number of anilines is 1. The maximum absolute atomic E-state index is 11.9. The van der Waals surface area contributed by atoms with Crippen LogP contribution in [0.2, 0.25) is 5.02 Å². The van der Waals surface area contributed by atoms with Gasteiger partial charge in [0.25, 0.3) is 10.2 Å². The van der Waals surface area contributed by atoms with Crippen LogP contribution in [0.4, 0.5) is 5.69 Å². The molecule has 2 rings (SSSR count). The second kappa shape index (κ2) is 7.63. The molecule has 0 unspecified atom stereocenters. The molecule has 118 valence electrons. The van der Waals surface area contributed by atoms with Crippen LogP contribution < -0.4 is 9.44 Å². The molecule has 0 saturated heterocycles. The Hall–Kier alpha value is -1.56. The second-order valence-electron chi connectivity index (χ2n) is 4.91. The third-order valence-corrected chi connectivity index (χ3v) is 4.53. The van der Waals surface area contributed by atoms with Gasteiger partial charge in [-0.2, -0.15) is 13.1 Å². The largest absolute Gasteiger partial charge is 0.299 e. The average Bonchev–Trinajstić information content (AvgIpc) is 2.50. The van der Waals surface area contributed by atoms with E-state index >= 15 is 0 Å². The molecule has 22 heavy (non-hydrogen) atoms. The summed E-state index contributed by atoms with van der Waals surface area (Å²) in [6, 6.07) is 15.0. The van der Waals surface area contributed by atoms with Gasteiger partial charge in [-0.25, -0.2) is 0 Å². The van der Waals surface area contributed by atoms with Gasteiger partial charge in [0.2, 0.25) is 0 Å². The van der Waals surface area contributed by atoms with Gasteiger partial charge in [0.15, 0.2) is 0 Å². The third kappa shape index (κ3) is 4.73. The molecule has 0 aliphatic carbocycles. The fourth-order valence-electron chi connectivity index (χ4n) is 1.97. The van der Waals surface area contributed by atoms with Gasteiger partial charge in [-0.3, -0.25) is 4.72 Å². The van der Waals surface area contributed by atoms with Gasteiger partial charge in [0.1, 0.15) is 0 Å². The van der Waals surface area contributed by atoms with Gasteiger partial charge in [0.05, 0.1) is 10.7 Å². The quantitative estimate of drug-likeness (QED) is 0.748. The SMILES string of the molecule is CCCCNS(=O)(=O)Nc1ccc(-c2ccccc2)cc1Cl. The molecule has 4 nitrogen and oxygen atoms in total. The first-order chi connectivity index (χ1) is 10.5. The Morgan fingerprint density at radius 2 is 1.77 bits per heavy atom. The van der Waals surface area contributed by atoms with E-state index in [4.69, 9.17) is 11.6 Å². The second-order valence-corrected chi connectivity index (χ2v) is 6.82. The zero-order valence-electron chi connectivity index (χ0n) is 12.3. The number of unbranched alkanes of at least 4 members (excludes halogenated alkanes) is 1. The minimum atomic E-state index is -3.59. The Morgan fingerprint density at radius 3 is 2.41 bits per heavy atom. The number of hydrogen-bond acceptors (Lipinski definition) is 2. The summed E-state index contributed by atoms with van der Waals surface area (Å²) in [4.78, 5) is 0. The summed E-state index contributed by atoms with van der Waals surface area (Å²) in [7, 11) is -3.59. The molecule has 2 N–H and O–H groups in total. The van der Waals surface area contributed by atoms with E-state index in [0.717, 1.165) is 24.0 Å². The molecule has 0 bridgehead atoms. The van der Waals surface area contributed by atoms with E-state index in [1.165, 1.54) is 0 Å². The van der Waals surface area contributed by atoms with Crippen molar-refractivity contribution in [3.05, 3.63) is 53.6 Å². The molecule has 0 amide bonds. The summed E-state index contributed by atoms with van der Waals surface area (Å²) in [5, 5.41) is 0.363. The van der Waals surface area contributed by atoms with Crippen LogP contribution >= 0.6 is 11.6 Å². The van der Waals surface area contributed by atoms with Gasteiger partial charge in [-0.1, -0.05) is 61.3 Å². The van der Waals surface area contributed by atoms with Crippen molar-refractivity contribution in [3.8, 4) is 11.1 Å². The maximum atomic E-state index is 11.9. The molecule has 2 aromatic carbocycles. The van der Waals surface area contributed by atoms with Crippen molar-refractivity contribution in [2.45, 2.75) is 19.8 Å². The van der Waals surface area contributed by atoms with Crippen molar-refractivity contribution in [2.24, 2.45) is 0 Å². The minimum Gasteiger partial charge on any atom is -0.270 e. The third-order valence-electron chi connectivity index (χ3n) is 3.14. The zero-order valence-corrected chi connectivity index (χ0v) is 13.9. The van der Waals surface area contributed by atoms with Crippen molar-refractivity contribution in [1.82, 2.24) is 4.72 Å². The Labute approximate surface area is 136 Å². The van der Waals surface area contributed by atoms with Gasteiger partial charge in [-0.15, -0.1) is 0 Å². The van der Waals surface area contributed by atoms with Crippen LogP contribution in [-0.2, 0) is 10.2 Å². The van der Waals surface area contributed by atoms with Crippen LogP contribution in [0.1, 0.15) is 19.8 Å². The molecule has 0 spiro atoms. The van der Waals surface area contributed by atoms with Crippen LogP contribution in [-0.4, -0.2) is 15.0 Å². The molecule has 2 aromatic rings. The van der Waals surface area contributed by atoms with E-state index in [0.29, 0.717) is 17.3 Å². The smallest absolute Gasteiger partial charge is 0.270 e. The summed E-state index contributed by atoms with van der Waals surface area (Å²) < 4.78 is 28.7. The van der Waals surface area contributed by atoms with Crippen molar-refractivity contribution in [3.63, 3.8) is 0 Å². The zero-order chi connectivity index (χ0) is 16.0. The van der Waals surface area contributed by atoms with E-state index < -0.39 is 10.2 Å². The molecule has 0 fully saturated rings. The van der Waals surface area contributed by atoms with E-state index in [1.807, 2.05) is 43.3 Å². The number of rotatable bonds is 7. The Morgan fingerprint density at radius 1 is 1.05 bits per heavy atom. The highest BCUT2D eigenvalue weighted by Gasteiger charge is 2.12. The van der Waals surface area contributed by atoms with E-state index in [9.17, 15) is 8.42 Å². The fourth-order valence-corrected chi connectivity index (χ4v) is 3.21. The summed E-state index contributed by atoms with van der Waals surface area (Å²) in [6.45, 7) is 2.41. The van der Waals surface area contributed by atoms with Crippen LogP contribution in [0.25, 0.3) is 11.1 Å². The highest BCUT2D eigenvalue weighted by molar-refractivity contribution is 7.90. The normalized spacial score (nSPS) is 11.4. The Balaban J connectivity index is 2.13. The van der Waals surface area contributed by atoms with E-state index in [-0.39, 0.29) is 0 Å². The lowest BCUT2D eigenvalue weighted by atomic mass is 10.1. The highest BCUT2D eigenvalue weighted by atomic mass is 35.5. The molecular weight excluding hydrogens is 320 g/mol. The molecule has 0 radical (unpaired) electrons. The topological polar surface area (TPSA) is 58.2 Å². The number of nitrogens with one attached hydrogen (secondary N) is 2. The first kappa shape index (κ1) is 16.8. The lowest BCUT2D eigenvalue weighted by molar-refractivity contribution is 0.584. The number of halogens is 1. The van der Waals surface area contributed by atoms with Gasteiger partial charge >= 0.3 is 0 Å². The molecule has 0 aliphatic heterocycles. The average molecular weight is 339 g/mol. The molecular formula is C16H19ClN2O2S. The van der Waals surface area contributed by atoms with Crippen molar-refractivity contribution in [2.75, 3.05) is 11.3 Å². The Kier molecular flexibility index (Phi) is 5.83. The predicted octanol–water partition coefficient (Wildman–Crippen LogP) is 4.05. The number of hydrogen-bond donors (Lipinski definition) is 2. The first-order valence-corrected chi connectivity index (χ1v) is 9.00. The van der Waals surface area contributed by atoms with Crippen LogP contribution in [0.15, 0.2) is 48.5 Å². The van der Waals surface area contributed by atoms with Crippen LogP contribution in [0, 0.1) is 0 Å². The lowest BCUT2D eigenvalue weighted by Crippen LogP contribution is -2.30. The number of benzene rings is 2. The van der Waals surface area contributed by atoms with E-state index in [1.54, 1.807) is 12.1 Å². The molecule has 0 atom stereocenters. The van der Waals surface area contributed by atoms with Crippen molar-refractivity contribution in [1.29, 1.82) is 0 Å². The van der Waals surface area contributed by atoms with Crippen molar-refractivity contribution < 1.29 is 8.42 Å². The molecule has 0 heterocycles. The standard InChI is InChI=1S/C16H19ClN2O2S/c1-2-3-11-18-22(20,21)19-16-10-9-14(12-15(16)17)13-7-5-4-6-8-13/h4-10,12,18-19H,2-3,11H2,1H3. The lowest BCUT2D eigenvalue weighted by Gasteiger charge is -2.11. The van der Waals surface area contributed by atoms with Crippen molar-refractivity contribution >= 4 is 27.5 Å². The highest BCUT2D eigenvalue weighted by Crippen LogP contribution is 2.29. The minimum absolute atomic E-state index is 0.363. The summed E-state index contributed by atoms with van der Waals surface area (Å²) in [5.41, 5.74) is 2.33. The first-order valence-electron chi connectivity index (χ1n) is 7.14. The van der Waals surface area contributed by atoms with Crippen LogP contribution in [0.5, 0.6) is 0 Å². The predicted molar refractivity (Wildman–Crippen MR) is 92.3 cm³/mol.